The smallest absolute Gasteiger partial charge is 0.224 e. The molecule has 0 saturated carbocycles. The highest BCUT2D eigenvalue weighted by Crippen LogP contribution is 2.24. The van der Waals surface area contributed by atoms with Crippen LogP contribution in [-0.4, -0.2) is 41.6 Å². The summed E-state index contributed by atoms with van der Waals surface area (Å²) in [6.07, 6.45) is 2.64. The van der Waals surface area contributed by atoms with E-state index in [2.05, 4.69) is 65.9 Å². The van der Waals surface area contributed by atoms with E-state index in [1.54, 1.807) is 0 Å². The van der Waals surface area contributed by atoms with Crippen LogP contribution >= 0.6 is 0 Å². The molecule has 140 valence electrons. The number of rotatable bonds is 4. The first-order valence-corrected chi connectivity index (χ1v) is 9.76. The maximum atomic E-state index is 12.7. The summed E-state index contributed by atoms with van der Waals surface area (Å²) >= 11 is 0. The molecule has 3 aromatic rings. The Kier molecular flexibility index (Phi) is 4.88. The fourth-order valence-corrected chi connectivity index (χ4v) is 3.98. The summed E-state index contributed by atoms with van der Waals surface area (Å²) in [5.74, 6) is 0.258. The number of amides is 1. The Hall–Kier alpha value is -2.75. The number of anilines is 1. The van der Waals surface area contributed by atoms with Gasteiger partial charge in [-0.05, 0) is 48.6 Å². The van der Waals surface area contributed by atoms with E-state index < -0.39 is 0 Å². The third-order valence-corrected chi connectivity index (χ3v) is 5.80. The number of aryl methyl sites for hydroxylation is 2. The SMILES string of the molecule is Cc1cccc(N2CCN(C(=O)CCn3ccc4ccccc43)CC2)c1C. The van der Waals surface area contributed by atoms with Gasteiger partial charge in [-0.1, -0.05) is 30.3 Å². The number of hydrogen-bond acceptors (Lipinski definition) is 2. The van der Waals surface area contributed by atoms with Gasteiger partial charge in [0.05, 0.1) is 0 Å². The highest BCUT2D eigenvalue weighted by molar-refractivity contribution is 5.80. The lowest BCUT2D eigenvalue weighted by molar-refractivity contribution is -0.131. The van der Waals surface area contributed by atoms with Crippen LogP contribution in [0.15, 0.2) is 54.7 Å². The van der Waals surface area contributed by atoms with Gasteiger partial charge in [-0.3, -0.25) is 4.79 Å². The van der Waals surface area contributed by atoms with Gasteiger partial charge in [0.25, 0.3) is 0 Å². The summed E-state index contributed by atoms with van der Waals surface area (Å²) in [5.41, 5.74) is 5.17. The average molecular weight is 361 g/mol. The summed E-state index contributed by atoms with van der Waals surface area (Å²) < 4.78 is 2.18. The van der Waals surface area contributed by atoms with Crippen LogP contribution in [0.3, 0.4) is 0 Å². The van der Waals surface area contributed by atoms with Crippen LogP contribution in [-0.2, 0) is 11.3 Å². The van der Waals surface area contributed by atoms with E-state index in [0.717, 1.165) is 32.7 Å². The predicted molar refractivity (Wildman–Crippen MR) is 111 cm³/mol. The summed E-state index contributed by atoms with van der Waals surface area (Å²) in [6, 6.07) is 16.9. The van der Waals surface area contributed by atoms with E-state index in [1.807, 2.05) is 17.0 Å². The molecule has 1 fully saturated rings. The van der Waals surface area contributed by atoms with E-state index in [-0.39, 0.29) is 5.91 Å². The summed E-state index contributed by atoms with van der Waals surface area (Å²) in [7, 11) is 0. The molecule has 4 heteroatoms. The van der Waals surface area contributed by atoms with Gasteiger partial charge in [-0.25, -0.2) is 0 Å². The summed E-state index contributed by atoms with van der Waals surface area (Å²) in [6.45, 7) is 8.50. The van der Waals surface area contributed by atoms with Crippen molar-refractivity contribution >= 4 is 22.5 Å². The molecule has 1 aromatic heterocycles. The first-order chi connectivity index (χ1) is 13.1. The van der Waals surface area contributed by atoms with Gasteiger partial charge in [0, 0.05) is 56.5 Å². The molecule has 0 radical (unpaired) electrons. The average Bonchev–Trinajstić information content (AvgIpc) is 3.12. The maximum absolute atomic E-state index is 12.7. The third-order valence-electron chi connectivity index (χ3n) is 5.80. The highest BCUT2D eigenvalue weighted by Gasteiger charge is 2.22. The number of nitrogens with zero attached hydrogens (tertiary/aromatic N) is 3. The van der Waals surface area contributed by atoms with Gasteiger partial charge in [0.15, 0.2) is 0 Å². The molecule has 4 nitrogen and oxygen atoms in total. The molecule has 1 aliphatic rings. The number of aromatic nitrogens is 1. The molecule has 2 heterocycles. The van der Waals surface area contributed by atoms with E-state index in [4.69, 9.17) is 0 Å². The Labute approximate surface area is 161 Å². The molecule has 27 heavy (non-hydrogen) atoms. The zero-order valence-corrected chi connectivity index (χ0v) is 16.2. The monoisotopic (exact) mass is 361 g/mol. The zero-order chi connectivity index (χ0) is 18.8. The van der Waals surface area contributed by atoms with Crippen molar-refractivity contribution in [3.8, 4) is 0 Å². The van der Waals surface area contributed by atoms with Crippen molar-refractivity contribution in [3.05, 3.63) is 65.9 Å². The number of carbonyl (C=O) groups is 1. The topological polar surface area (TPSA) is 28.5 Å². The fourth-order valence-electron chi connectivity index (χ4n) is 3.98. The van der Waals surface area contributed by atoms with Crippen molar-refractivity contribution in [2.24, 2.45) is 0 Å². The molecular weight excluding hydrogens is 334 g/mol. The van der Waals surface area contributed by atoms with Crippen LogP contribution in [0.5, 0.6) is 0 Å². The van der Waals surface area contributed by atoms with Gasteiger partial charge in [-0.2, -0.15) is 0 Å². The van der Waals surface area contributed by atoms with Crippen molar-refractivity contribution in [3.63, 3.8) is 0 Å². The van der Waals surface area contributed by atoms with Crippen LogP contribution in [0.25, 0.3) is 10.9 Å². The molecule has 0 unspecified atom stereocenters. The van der Waals surface area contributed by atoms with Crippen molar-refractivity contribution in [2.45, 2.75) is 26.8 Å². The molecule has 1 saturated heterocycles. The second kappa shape index (κ2) is 7.47. The number of para-hydroxylation sites is 1. The molecular formula is C23H27N3O. The molecule has 1 aliphatic heterocycles. The van der Waals surface area contributed by atoms with Gasteiger partial charge in [0.2, 0.25) is 5.91 Å². The lowest BCUT2D eigenvalue weighted by atomic mass is 10.1. The number of carbonyl (C=O) groups excluding carboxylic acids is 1. The standard InChI is InChI=1S/C23H27N3O/c1-18-6-5-9-21(19(18)2)25-14-16-26(17-15-25)23(27)11-13-24-12-10-20-7-3-4-8-22(20)24/h3-10,12H,11,13-17H2,1-2H3. The lowest BCUT2D eigenvalue weighted by Gasteiger charge is -2.37. The number of piperazine rings is 1. The van der Waals surface area contributed by atoms with Crippen molar-refractivity contribution in [1.82, 2.24) is 9.47 Å². The first kappa shape index (κ1) is 17.7. The summed E-state index contributed by atoms with van der Waals surface area (Å²) in [4.78, 5) is 17.1. The minimum absolute atomic E-state index is 0.258. The molecule has 4 rings (SSSR count). The Bertz CT molecular complexity index is 951. The highest BCUT2D eigenvalue weighted by atomic mass is 16.2. The number of hydrogen-bond donors (Lipinski definition) is 0. The van der Waals surface area contributed by atoms with Crippen molar-refractivity contribution in [2.75, 3.05) is 31.1 Å². The maximum Gasteiger partial charge on any atom is 0.224 e. The molecule has 2 aromatic carbocycles. The van der Waals surface area contributed by atoms with Crippen LogP contribution in [0.1, 0.15) is 17.5 Å². The van der Waals surface area contributed by atoms with Crippen LogP contribution in [0.4, 0.5) is 5.69 Å². The minimum atomic E-state index is 0.258. The Morgan fingerprint density at radius 1 is 0.926 bits per heavy atom. The quantitative estimate of drug-likeness (QED) is 0.703. The normalized spacial score (nSPS) is 14.7. The molecule has 0 bridgehead atoms. The van der Waals surface area contributed by atoms with E-state index in [0.29, 0.717) is 6.42 Å². The van der Waals surface area contributed by atoms with Crippen molar-refractivity contribution in [1.29, 1.82) is 0 Å². The van der Waals surface area contributed by atoms with Gasteiger partial charge >= 0.3 is 0 Å². The summed E-state index contributed by atoms with van der Waals surface area (Å²) in [5, 5.41) is 1.23. The number of benzene rings is 2. The first-order valence-electron chi connectivity index (χ1n) is 9.76. The predicted octanol–water partition coefficient (Wildman–Crippen LogP) is 4.00. The Morgan fingerprint density at radius 3 is 2.52 bits per heavy atom. The molecule has 1 amide bonds. The fraction of sp³-hybridized carbons (Fsp3) is 0.348. The van der Waals surface area contributed by atoms with Crippen LogP contribution < -0.4 is 4.90 Å². The van der Waals surface area contributed by atoms with Crippen molar-refractivity contribution < 1.29 is 4.79 Å². The van der Waals surface area contributed by atoms with E-state index in [9.17, 15) is 4.79 Å². The van der Waals surface area contributed by atoms with Gasteiger partial charge in [0.1, 0.15) is 0 Å². The second-order valence-corrected chi connectivity index (χ2v) is 7.40. The third kappa shape index (κ3) is 3.57. The van der Waals surface area contributed by atoms with Gasteiger partial charge < -0.3 is 14.4 Å². The van der Waals surface area contributed by atoms with Gasteiger partial charge in [-0.15, -0.1) is 0 Å². The lowest BCUT2D eigenvalue weighted by Crippen LogP contribution is -2.49. The molecule has 0 spiro atoms. The number of fused-ring (bicyclic) bond motifs is 1. The molecule has 0 N–H and O–H groups in total. The van der Waals surface area contributed by atoms with Crippen LogP contribution in [0, 0.1) is 13.8 Å². The largest absolute Gasteiger partial charge is 0.368 e. The van der Waals surface area contributed by atoms with Crippen LogP contribution in [0.2, 0.25) is 0 Å². The molecule has 0 atom stereocenters. The van der Waals surface area contributed by atoms with E-state index >= 15 is 0 Å². The zero-order valence-electron chi connectivity index (χ0n) is 16.2. The van der Waals surface area contributed by atoms with E-state index in [1.165, 1.54) is 27.7 Å². The molecule has 0 aliphatic carbocycles. The minimum Gasteiger partial charge on any atom is -0.368 e. The second-order valence-electron chi connectivity index (χ2n) is 7.40. The Morgan fingerprint density at radius 2 is 1.70 bits per heavy atom. The Balaban J connectivity index is 1.34.